The largest absolute Gasteiger partial charge is 0.358 e. The molecule has 1 spiro atoms. The van der Waals surface area contributed by atoms with E-state index in [4.69, 9.17) is 35.0 Å². The second-order valence-corrected chi connectivity index (χ2v) is 11.7. The lowest BCUT2D eigenvalue weighted by Gasteiger charge is -2.39. The number of urea groups is 1. The standard InChI is InChI=1S/C25H39ClN16O2/c1-13-9-14(2)17-15(11-41(29)16(17)10-13)3-6-31-24(44)40-7-4-25(5-8-40)12-42(30)23(35-25)34-22(43)18-20(36-38-27)33-21(37-39-28)19(26)32-18/h9-11,18,20,23,32-33,35H,3-8,12,29-30H2,1-2H3,(H2,27,36)(H2,28,37)(H,31,44)(H,34,43). The van der Waals surface area contributed by atoms with Crippen molar-refractivity contribution in [2.45, 2.75) is 57.1 Å². The van der Waals surface area contributed by atoms with E-state index in [2.05, 4.69) is 66.3 Å². The Morgan fingerprint density at radius 3 is 2.59 bits per heavy atom. The number of nitrogen functional groups attached to an aromatic ring is 1. The van der Waals surface area contributed by atoms with Gasteiger partial charge in [0.25, 0.3) is 0 Å². The van der Waals surface area contributed by atoms with Crippen LogP contribution >= 0.6 is 11.6 Å². The van der Waals surface area contributed by atoms with Gasteiger partial charge in [-0.05, 0) is 55.9 Å². The van der Waals surface area contributed by atoms with Gasteiger partial charge < -0.3 is 43.7 Å². The lowest BCUT2D eigenvalue weighted by atomic mass is 9.88. The summed E-state index contributed by atoms with van der Waals surface area (Å²) in [5.74, 6) is 22.4. The van der Waals surface area contributed by atoms with Gasteiger partial charge in [-0.3, -0.25) is 20.6 Å². The molecule has 3 atom stereocenters. The first-order valence-electron chi connectivity index (χ1n) is 14.2. The monoisotopic (exact) mass is 630 g/mol. The van der Waals surface area contributed by atoms with Crippen LogP contribution in [0, 0.1) is 13.8 Å². The fraction of sp³-hybridized carbons (Fsp3) is 0.520. The van der Waals surface area contributed by atoms with E-state index in [1.807, 2.05) is 13.1 Å². The molecule has 1 aromatic heterocycles. The molecule has 4 heterocycles. The van der Waals surface area contributed by atoms with Crippen molar-refractivity contribution >= 4 is 34.4 Å². The Kier molecular flexibility index (Phi) is 8.95. The summed E-state index contributed by atoms with van der Waals surface area (Å²) >= 11 is 6.18. The number of nitrogens with one attached hydrogen (secondary N) is 5. The first kappa shape index (κ1) is 31.0. The summed E-state index contributed by atoms with van der Waals surface area (Å²) in [4.78, 5) is 28.0. The molecule has 44 heavy (non-hydrogen) atoms. The Hall–Kier alpha value is -4.39. The van der Waals surface area contributed by atoms with E-state index in [0.29, 0.717) is 45.4 Å². The van der Waals surface area contributed by atoms with Gasteiger partial charge in [-0.25, -0.2) is 9.80 Å². The zero-order chi connectivity index (χ0) is 31.6. The van der Waals surface area contributed by atoms with Crippen molar-refractivity contribution in [3.63, 3.8) is 0 Å². The molecule has 0 radical (unpaired) electrons. The number of nitrogens with zero attached hydrogens (tertiary/aromatic N) is 7. The van der Waals surface area contributed by atoms with Gasteiger partial charge in [-0.15, -0.1) is 10.2 Å². The van der Waals surface area contributed by atoms with Gasteiger partial charge in [0.05, 0.1) is 5.52 Å². The quantitative estimate of drug-likeness (QED) is 0.0791. The maximum atomic E-state index is 13.2. The second-order valence-electron chi connectivity index (χ2n) is 11.3. The molecule has 3 aliphatic heterocycles. The van der Waals surface area contributed by atoms with Crippen molar-refractivity contribution in [2.75, 3.05) is 32.0 Å². The molecule has 2 fully saturated rings. The lowest BCUT2D eigenvalue weighted by molar-refractivity contribution is -0.125. The number of amides is 3. The minimum absolute atomic E-state index is 0.0188. The van der Waals surface area contributed by atoms with E-state index >= 15 is 0 Å². The van der Waals surface area contributed by atoms with Crippen LogP contribution in [0.3, 0.4) is 0 Å². The van der Waals surface area contributed by atoms with Crippen molar-refractivity contribution in [3.8, 4) is 0 Å². The van der Waals surface area contributed by atoms with Crippen LogP contribution in [0.5, 0.6) is 0 Å². The van der Waals surface area contributed by atoms with E-state index in [0.717, 1.165) is 27.6 Å². The topological polar surface area (TPSA) is 259 Å². The number of carbonyl (C=O) groups is 2. The number of rotatable bonds is 7. The first-order valence-corrected chi connectivity index (χ1v) is 14.5. The van der Waals surface area contributed by atoms with Crippen LogP contribution in [0.25, 0.3) is 10.9 Å². The highest BCUT2D eigenvalue weighted by Crippen LogP contribution is 2.29. The van der Waals surface area contributed by atoms with Crippen molar-refractivity contribution < 1.29 is 9.59 Å². The summed E-state index contributed by atoms with van der Waals surface area (Å²) in [5.41, 5.74) is 4.01. The van der Waals surface area contributed by atoms with Crippen LogP contribution in [0.15, 0.2) is 50.0 Å². The number of fused-ring (bicyclic) bond motifs is 1. The third-order valence-electron chi connectivity index (χ3n) is 8.29. The molecule has 1 aromatic carbocycles. The van der Waals surface area contributed by atoms with Gasteiger partial charge in [-0.1, -0.05) is 28.1 Å². The summed E-state index contributed by atoms with van der Waals surface area (Å²) in [6.45, 7) is 6.13. The van der Waals surface area contributed by atoms with Gasteiger partial charge in [0, 0.05) is 43.3 Å². The maximum absolute atomic E-state index is 13.2. The molecule has 2 aromatic rings. The summed E-state index contributed by atoms with van der Waals surface area (Å²) in [6, 6.07) is 3.10. The Morgan fingerprint density at radius 2 is 1.89 bits per heavy atom. The molecule has 0 aliphatic carbocycles. The average Bonchev–Trinajstić information content (AvgIpc) is 3.45. The summed E-state index contributed by atoms with van der Waals surface area (Å²) in [6.07, 6.45) is 2.27. The smallest absolute Gasteiger partial charge is 0.317 e. The van der Waals surface area contributed by atoms with Gasteiger partial charge in [0.15, 0.2) is 12.0 Å². The van der Waals surface area contributed by atoms with Crippen molar-refractivity contribution in [1.82, 2.24) is 41.2 Å². The first-order chi connectivity index (χ1) is 21.0. The van der Waals surface area contributed by atoms with Crippen LogP contribution in [0.4, 0.5) is 4.79 Å². The predicted molar refractivity (Wildman–Crippen MR) is 163 cm³/mol. The Morgan fingerprint density at radius 1 is 1.14 bits per heavy atom. The van der Waals surface area contributed by atoms with Crippen molar-refractivity contribution in [1.29, 1.82) is 0 Å². The van der Waals surface area contributed by atoms with Gasteiger partial charge >= 0.3 is 6.03 Å². The molecule has 5 rings (SSSR count). The van der Waals surface area contributed by atoms with Crippen LogP contribution in [-0.2, 0) is 11.2 Å². The van der Waals surface area contributed by atoms with E-state index in [1.54, 1.807) is 9.58 Å². The molecule has 18 nitrogen and oxygen atoms in total. The van der Waals surface area contributed by atoms with E-state index in [-0.39, 0.29) is 22.5 Å². The third-order valence-corrected chi connectivity index (χ3v) is 8.58. The number of hydrogen-bond acceptors (Lipinski definition) is 12. The number of aromatic nitrogens is 1. The molecule has 3 aliphatic rings. The van der Waals surface area contributed by atoms with Crippen LogP contribution in [-0.4, -0.2) is 76.7 Å². The molecule has 238 valence electrons. The summed E-state index contributed by atoms with van der Waals surface area (Å²) < 4.78 is 1.64. The molecule has 2 saturated heterocycles. The fourth-order valence-electron chi connectivity index (χ4n) is 6.19. The number of likely N-dealkylation sites (tertiary alicyclic amines) is 1. The number of benzene rings is 1. The Labute approximate surface area is 258 Å². The predicted octanol–water partition coefficient (Wildman–Crippen LogP) is -0.858. The van der Waals surface area contributed by atoms with Gasteiger partial charge in [-0.2, -0.15) is 0 Å². The molecular weight excluding hydrogens is 592 g/mol. The molecule has 3 unspecified atom stereocenters. The SMILES string of the molecule is Cc1cc(C)c2c(CCNC(=O)N3CCC4(CC3)CN(N)C(NC(=O)C3NC(Cl)=C(N=NN)NC3N=NN)N4)cn(N)c2c1. The van der Waals surface area contributed by atoms with Crippen LogP contribution in [0.2, 0.25) is 0 Å². The average molecular weight is 631 g/mol. The van der Waals surface area contributed by atoms with Gasteiger partial charge in [0.1, 0.15) is 17.5 Å². The fourth-order valence-corrected chi connectivity index (χ4v) is 6.40. The van der Waals surface area contributed by atoms with E-state index in [9.17, 15) is 9.59 Å². The zero-order valence-corrected chi connectivity index (χ0v) is 25.3. The van der Waals surface area contributed by atoms with Crippen molar-refractivity contribution in [3.05, 3.63) is 46.0 Å². The maximum Gasteiger partial charge on any atom is 0.317 e. The van der Waals surface area contributed by atoms with Gasteiger partial charge in [0.2, 0.25) is 5.91 Å². The molecular formula is C25H39ClN16O2. The Balaban J connectivity index is 1.12. The van der Waals surface area contributed by atoms with Crippen LogP contribution < -0.4 is 50.0 Å². The lowest BCUT2D eigenvalue weighted by Crippen LogP contribution is -2.63. The molecule has 0 saturated carbocycles. The molecule has 0 bridgehead atoms. The number of hydrazine groups is 1. The minimum Gasteiger partial charge on any atom is -0.358 e. The van der Waals surface area contributed by atoms with E-state index in [1.165, 1.54) is 5.01 Å². The summed E-state index contributed by atoms with van der Waals surface area (Å²) in [5, 5.41) is 31.6. The number of halogens is 1. The Bertz CT molecular complexity index is 1500. The van der Waals surface area contributed by atoms with Crippen molar-refractivity contribution in [2.24, 2.45) is 38.2 Å². The molecule has 13 N–H and O–H groups in total. The number of nitrogens with two attached hydrogens (primary N) is 4. The zero-order valence-electron chi connectivity index (χ0n) is 24.5. The van der Waals surface area contributed by atoms with Crippen LogP contribution in [0.1, 0.15) is 29.5 Å². The number of hydrogen-bond donors (Lipinski definition) is 9. The summed E-state index contributed by atoms with van der Waals surface area (Å²) in [7, 11) is 0. The highest BCUT2D eigenvalue weighted by Gasteiger charge is 2.46. The highest BCUT2D eigenvalue weighted by molar-refractivity contribution is 6.29. The second kappa shape index (κ2) is 12.7. The minimum atomic E-state index is -0.988. The third kappa shape index (κ3) is 6.28. The number of aryl methyl sites for hydroxylation is 2. The number of piperidine rings is 1. The highest BCUT2D eigenvalue weighted by atomic mass is 35.5. The van der Waals surface area contributed by atoms with E-state index < -0.39 is 24.4 Å². The normalized spacial score (nSPS) is 23.9. The molecule has 19 heteroatoms. The molecule has 3 amide bonds. The number of carbonyl (C=O) groups excluding carboxylic acids is 2.